The normalized spacial score (nSPS) is 13.7. The first-order valence-electron chi connectivity index (χ1n) is 9.61. The molecule has 0 spiro atoms. The van der Waals surface area contributed by atoms with E-state index in [1.165, 1.54) is 6.20 Å². The minimum atomic E-state index is -0.213. The Morgan fingerprint density at radius 3 is 2.80 bits per heavy atom. The van der Waals surface area contributed by atoms with Gasteiger partial charge in [0.2, 0.25) is 11.8 Å². The third-order valence-corrected chi connectivity index (χ3v) is 5.38. The number of carbonyl (C=O) groups excluding carboxylic acids is 2. The number of rotatable bonds is 5. The van der Waals surface area contributed by atoms with Gasteiger partial charge in [0.1, 0.15) is 5.75 Å². The van der Waals surface area contributed by atoms with Crippen LogP contribution in [0.15, 0.2) is 65.3 Å². The van der Waals surface area contributed by atoms with Crippen molar-refractivity contribution in [2.75, 3.05) is 5.32 Å². The predicted molar refractivity (Wildman–Crippen MR) is 118 cm³/mol. The zero-order chi connectivity index (χ0) is 21.1. The van der Waals surface area contributed by atoms with Crippen molar-refractivity contribution in [1.82, 2.24) is 10.3 Å². The molecule has 3 aromatic rings. The monoisotopic (exact) mass is 465 g/mol. The molecule has 0 saturated heterocycles. The number of anilines is 1. The molecule has 2 N–H and O–H groups in total. The van der Waals surface area contributed by atoms with Crippen molar-refractivity contribution >= 4 is 33.4 Å². The molecule has 30 heavy (non-hydrogen) atoms. The highest BCUT2D eigenvalue weighted by Gasteiger charge is 2.18. The molecule has 0 fully saturated rings. The first-order chi connectivity index (χ1) is 14.5. The maximum atomic E-state index is 12.6. The average molecular weight is 466 g/mol. The van der Waals surface area contributed by atoms with Crippen LogP contribution in [0.5, 0.6) is 11.6 Å². The number of hydrogen-bond donors (Lipinski definition) is 2. The van der Waals surface area contributed by atoms with E-state index < -0.39 is 0 Å². The minimum Gasteiger partial charge on any atom is -0.439 e. The third kappa shape index (κ3) is 4.68. The number of pyridine rings is 1. The van der Waals surface area contributed by atoms with Crippen LogP contribution in [-0.4, -0.2) is 16.8 Å². The van der Waals surface area contributed by atoms with Gasteiger partial charge in [-0.1, -0.05) is 34.1 Å². The molecule has 7 heteroatoms. The Bertz CT molecular complexity index is 1100. The molecule has 4 rings (SSSR count). The van der Waals surface area contributed by atoms with Gasteiger partial charge in [-0.3, -0.25) is 9.59 Å². The van der Waals surface area contributed by atoms with Crippen LogP contribution in [0, 0.1) is 0 Å². The number of hydrogen-bond acceptors (Lipinski definition) is 4. The fourth-order valence-electron chi connectivity index (χ4n) is 3.26. The zero-order valence-corrected chi connectivity index (χ0v) is 17.9. The molecule has 0 radical (unpaired) electrons. The summed E-state index contributed by atoms with van der Waals surface area (Å²) in [5.74, 6) is 0.896. The number of halogens is 1. The maximum Gasteiger partial charge on any atom is 0.253 e. The second-order valence-electron chi connectivity index (χ2n) is 7.10. The van der Waals surface area contributed by atoms with Crippen LogP contribution >= 0.6 is 15.9 Å². The first kappa shape index (κ1) is 20.1. The Kier molecular flexibility index (Phi) is 5.81. The molecule has 0 saturated carbocycles. The number of carbonyl (C=O) groups is 2. The van der Waals surface area contributed by atoms with Gasteiger partial charge in [-0.05, 0) is 54.8 Å². The molecule has 1 aliphatic rings. The van der Waals surface area contributed by atoms with Gasteiger partial charge in [0.15, 0.2) is 0 Å². The summed E-state index contributed by atoms with van der Waals surface area (Å²) < 4.78 is 6.61. The molecule has 0 bridgehead atoms. The predicted octanol–water partition coefficient (Wildman–Crippen LogP) is 5.01. The third-order valence-electron chi connectivity index (χ3n) is 4.89. The lowest BCUT2D eigenvalue weighted by Crippen LogP contribution is -2.27. The highest BCUT2D eigenvalue weighted by molar-refractivity contribution is 9.10. The van der Waals surface area contributed by atoms with E-state index in [0.29, 0.717) is 30.0 Å². The summed E-state index contributed by atoms with van der Waals surface area (Å²) in [6.45, 7) is 1.93. The molecule has 6 nitrogen and oxygen atoms in total. The zero-order valence-electron chi connectivity index (χ0n) is 16.3. The van der Waals surface area contributed by atoms with Crippen LogP contribution in [0.2, 0.25) is 0 Å². The van der Waals surface area contributed by atoms with E-state index in [1.807, 2.05) is 49.4 Å². The lowest BCUT2D eigenvalue weighted by molar-refractivity contribution is -0.116. The highest BCUT2D eigenvalue weighted by atomic mass is 79.9. The summed E-state index contributed by atoms with van der Waals surface area (Å²) in [5, 5.41) is 5.86. The Labute approximate surface area is 182 Å². The summed E-state index contributed by atoms with van der Waals surface area (Å²) >= 11 is 3.40. The van der Waals surface area contributed by atoms with Gasteiger partial charge >= 0.3 is 0 Å². The number of nitrogens with zero attached hydrogens (tertiary/aromatic N) is 1. The topological polar surface area (TPSA) is 80.3 Å². The molecule has 1 unspecified atom stereocenters. The van der Waals surface area contributed by atoms with Gasteiger partial charge in [-0.25, -0.2) is 4.98 Å². The van der Waals surface area contributed by atoms with Crippen LogP contribution in [0.1, 0.15) is 40.9 Å². The van der Waals surface area contributed by atoms with E-state index in [0.717, 1.165) is 21.3 Å². The molecule has 2 heterocycles. The number of benzene rings is 2. The van der Waals surface area contributed by atoms with Crippen molar-refractivity contribution in [3.63, 3.8) is 0 Å². The van der Waals surface area contributed by atoms with Crippen LogP contribution < -0.4 is 15.4 Å². The molecule has 0 aliphatic carbocycles. The number of amides is 2. The molecule has 1 aliphatic heterocycles. The number of aromatic nitrogens is 1. The molecular weight excluding hydrogens is 446 g/mol. The lowest BCUT2D eigenvalue weighted by Gasteiger charge is -2.20. The van der Waals surface area contributed by atoms with E-state index in [-0.39, 0.29) is 17.9 Å². The van der Waals surface area contributed by atoms with Crippen LogP contribution in [-0.2, 0) is 11.2 Å². The second kappa shape index (κ2) is 8.67. The number of aryl methyl sites for hydroxylation is 1. The standard InChI is InChI=1S/C23H20BrN3O3/c1-14(15-5-8-20-16(11-15)6-9-21(28)27-20)26-23(29)17-7-10-22(25-13-17)30-19-4-2-3-18(24)12-19/h2-5,7-8,10-14H,6,9H2,1H3,(H,26,29)(H,27,28). The molecule has 2 aromatic carbocycles. The number of nitrogens with one attached hydrogen (secondary N) is 2. The Hall–Kier alpha value is -3.19. The van der Waals surface area contributed by atoms with Crippen molar-refractivity contribution < 1.29 is 14.3 Å². The van der Waals surface area contributed by atoms with Gasteiger partial charge in [0.25, 0.3) is 5.91 Å². The quantitative estimate of drug-likeness (QED) is 0.554. The number of fused-ring (bicyclic) bond motifs is 1. The van der Waals surface area contributed by atoms with Gasteiger partial charge in [0.05, 0.1) is 11.6 Å². The average Bonchev–Trinajstić information content (AvgIpc) is 2.74. The Morgan fingerprint density at radius 1 is 1.17 bits per heavy atom. The van der Waals surface area contributed by atoms with E-state index in [1.54, 1.807) is 12.1 Å². The summed E-state index contributed by atoms with van der Waals surface area (Å²) in [4.78, 5) is 28.4. The molecule has 1 atom stereocenters. The van der Waals surface area contributed by atoms with Crippen LogP contribution in [0.25, 0.3) is 0 Å². The minimum absolute atomic E-state index is 0.0384. The van der Waals surface area contributed by atoms with Gasteiger partial charge in [-0.2, -0.15) is 0 Å². The molecular formula is C23H20BrN3O3. The summed E-state index contributed by atoms with van der Waals surface area (Å²) in [5.41, 5.74) is 3.37. The van der Waals surface area contributed by atoms with Crippen molar-refractivity contribution in [2.45, 2.75) is 25.8 Å². The van der Waals surface area contributed by atoms with Crippen LogP contribution in [0.3, 0.4) is 0 Å². The summed E-state index contributed by atoms with van der Waals surface area (Å²) in [7, 11) is 0. The van der Waals surface area contributed by atoms with Crippen molar-refractivity contribution in [3.05, 3.63) is 82.0 Å². The van der Waals surface area contributed by atoms with E-state index in [4.69, 9.17) is 4.74 Å². The van der Waals surface area contributed by atoms with Gasteiger partial charge < -0.3 is 15.4 Å². The Morgan fingerprint density at radius 2 is 2.03 bits per heavy atom. The largest absolute Gasteiger partial charge is 0.439 e. The maximum absolute atomic E-state index is 12.6. The van der Waals surface area contributed by atoms with E-state index >= 15 is 0 Å². The highest BCUT2D eigenvalue weighted by Crippen LogP contribution is 2.26. The number of ether oxygens (including phenoxy) is 1. The molecule has 2 amide bonds. The summed E-state index contributed by atoms with van der Waals surface area (Å²) in [6, 6.07) is 16.5. The van der Waals surface area contributed by atoms with Crippen molar-refractivity contribution in [1.29, 1.82) is 0 Å². The Balaban J connectivity index is 1.40. The second-order valence-corrected chi connectivity index (χ2v) is 8.02. The SMILES string of the molecule is CC(NC(=O)c1ccc(Oc2cccc(Br)c2)nc1)c1ccc2c(c1)CCC(=O)N2. The van der Waals surface area contributed by atoms with Gasteiger partial charge in [-0.15, -0.1) is 0 Å². The fourth-order valence-corrected chi connectivity index (χ4v) is 3.64. The molecule has 1 aromatic heterocycles. The van der Waals surface area contributed by atoms with Crippen LogP contribution in [0.4, 0.5) is 5.69 Å². The smallest absolute Gasteiger partial charge is 0.253 e. The fraction of sp³-hybridized carbons (Fsp3) is 0.174. The van der Waals surface area contributed by atoms with E-state index in [2.05, 4.69) is 31.5 Å². The van der Waals surface area contributed by atoms with Crippen molar-refractivity contribution in [2.24, 2.45) is 0 Å². The van der Waals surface area contributed by atoms with Crippen molar-refractivity contribution in [3.8, 4) is 11.6 Å². The lowest BCUT2D eigenvalue weighted by atomic mass is 9.97. The van der Waals surface area contributed by atoms with Gasteiger partial charge in [0, 0.05) is 28.8 Å². The summed E-state index contributed by atoms with van der Waals surface area (Å²) in [6.07, 6.45) is 2.69. The first-order valence-corrected chi connectivity index (χ1v) is 10.4. The molecule has 152 valence electrons. The van der Waals surface area contributed by atoms with E-state index in [9.17, 15) is 9.59 Å².